The summed E-state index contributed by atoms with van der Waals surface area (Å²) < 4.78 is 7.05. The van der Waals surface area contributed by atoms with Gasteiger partial charge >= 0.3 is 0 Å². The molecule has 0 aliphatic heterocycles. The van der Waals surface area contributed by atoms with Gasteiger partial charge in [-0.2, -0.15) is 15.8 Å². The summed E-state index contributed by atoms with van der Waals surface area (Å²) in [6.45, 7) is 0. The van der Waals surface area contributed by atoms with Crippen molar-refractivity contribution in [1.29, 1.82) is 15.8 Å². The second-order valence-electron chi connectivity index (χ2n) is 15.7. The van der Waals surface area contributed by atoms with E-state index in [4.69, 9.17) is 0 Å². The SMILES string of the molecule is N#Cc1ccc(-c2cccc(-c3c(C#N)c(-c4ccccc4)c(C#N)c(-n4c5c(ccc6c7ccccc7sc65)c5ccc6c7ccccc7sc6c54)c3-c3ccccc3)c2)cc1. The Hall–Kier alpha value is -8.31. The number of aromatic nitrogens is 1. The number of nitriles is 3. The molecule has 290 valence electrons. The zero-order valence-electron chi connectivity index (χ0n) is 33.4. The molecule has 6 heteroatoms. The molecule has 0 aliphatic carbocycles. The average Bonchev–Trinajstić information content (AvgIpc) is 4.03. The summed E-state index contributed by atoms with van der Waals surface area (Å²) in [5.41, 5.74) is 10.8. The first-order valence-electron chi connectivity index (χ1n) is 20.6. The van der Waals surface area contributed by atoms with Gasteiger partial charge < -0.3 is 4.57 Å². The summed E-state index contributed by atoms with van der Waals surface area (Å²) in [5, 5.41) is 39.9. The standard InChI is InChI=1S/C57H30N4S2/c58-31-34-22-24-35(25-23-34)38-16-11-17-39(30-38)51-46(32-59)50(36-12-3-1-4-13-36)47(33-60)53(52(51)37-14-5-2-6-15-37)61-54-42(26-28-44-40-18-7-9-20-48(40)62-56(44)54)43-27-29-45-41-19-8-10-21-49(41)63-57(45)55(43)61/h1-30H. The van der Waals surface area contributed by atoms with Gasteiger partial charge in [0, 0.05) is 58.4 Å². The lowest BCUT2D eigenvalue weighted by molar-refractivity contribution is 1.18. The predicted octanol–water partition coefficient (Wildman–Crippen LogP) is 15.8. The largest absolute Gasteiger partial charge is 0.304 e. The van der Waals surface area contributed by atoms with Gasteiger partial charge in [-0.25, -0.2) is 0 Å². The van der Waals surface area contributed by atoms with Crippen molar-refractivity contribution in [1.82, 2.24) is 4.57 Å². The van der Waals surface area contributed by atoms with E-state index in [9.17, 15) is 15.8 Å². The van der Waals surface area contributed by atoms with Gasteiger partial charge in [0.15, 0.2) is 0 Å². The maximum atomic E-state index is 11.9. The van der Waals surface area contributed by atoms with Crippen molar-refractivity contribution in [2.24, 2.45) is 0 Å². The summed E-state index contributed by atoms with van der Waals surface area (Å²) in [7, 11) is 0. The van der Waals surface area contributed by atoms with Gasteiger partial charge in [-0.3, -0.25) is 0 Å². The highest BCUT2D eigenvalue weighted by molar-refractivity contribution is 7.27. The van der Waals surface area contributed by atoms with Crippen LogP contribution in [-0.4, -0.2) is 4.57 Å². The molecule has 0 spiro atoms. The third-order valence-corrected chi connectivity index (χ3v) is 14.7. The molecule has 3 aromatic heterocycles. The molecule has 0 aliphatic rings. The van der Waals surface area contributed by atoms with Crippen LogP contribution in [-0.2, 0) is 0 Å². The Labute approximate surface area is 370 Å². The molecular weight excluding hydrogens is 805 g/mol. The topological polar surface area (TPSA) is 76.3 Å². The summed E-state index contributed by atoms with van der Waals surface area (Å²) in [6.07, 6.45) is 0. The van der Waals surface area contributed by atoms with Crippen LogP contribution in [0.15, 0.2) is 182 Å². The van der Waals surface area contributed by atoms with Gasteiger partial charge in [0.1, 0.15) is 12.1 Å². The number of nitrogens with zero attached hydrogens (tertiary/aromatic N) is 4. The molecule has 12 aromatic rings. The number of rotatable bonds is 5. The Bertz CT molecular complexity index is 3860. The Balaban J connectivity index is 1.35. The fourth-order valence-corrected chi connectivity index (χ4v) is 12.1. The molecule has 12 rings (SSSR count). The van der Waals surface area contributed by atoms with Crippen molar-refractivity contribution in [3.8, 4) is 68.4 Å². The van der Waals surface area contributed by atoms with Crippen LogP contribution in [0.1, 0.15) is 16.7 Å². The van der Waals surface area contributed by atoms with Crippen LogP contribution >= 0.6 is 22.7 Å². The van der Waals surface area contributed by atoms with E-state index in [0.717, 1.165) is 86.6 Å². The molecule has 63 heavy (non-hydrogen) atoms. The summed E-state index contributed by atoms with van der Waals surface area (Å²) >= 11 is 3.56. The van der Waals surface area contributed by atoms with E-state index in [1.807, 2.05) is 78.9 Å². The summed E-state index contributed by atoms with van der Waals surface area (Å²) in [6, 6.07) is 69.9. The minimum absolute atomic E-state index is 0.428. The van der Waals surface area contributed by atoms with Crippen LogP contribution in [0.3, 0.4) is 0 Å². The molecule has 0 bridgehead atoms. The highest BCUT2D eigenvalue weighted by atomic mass is 32.1. The highest BCUT2D eigenvalue weighted by Crippen LogP contribution is 2.52. The van der Waals surface area contributed by atoms with Gasteiger partial charge in [0.25, 0.3) is 0 Å². The minimum Gasteiger partial charge on any atom is -0.304 e. The average molecular weight is 835 g/mol. The third kappa shape index (κ3) is 5.49. The van der Waals surface area contributed by atoms with Crippen molar-refractivity contribution in [3.63, 3.8) is 0 Å². The first-order valence-corrected chi connectivity index (χ1v) is 22.2. The van der Waals surface area contributed by atoms with Gasteiger partial charge in [-0.15, -0.1) is 22.7 Å². The van der Waals surface area contributed by atoms with Gasteiger partial charge in [-0.05, 0) is 58.1 Å². The van der Waals surface area contributed by atoms with Crippen molar-refractivity contribution < 1.29 is 0 Å². The Morgan fingerprint density at radius 1 is 0.349 bits per heavy atom. The normalized spacial score (nSPS) is 11.4. The van der Waals surface area contributed by atoms with Gasteiger partial charge in [0.2, 0.25) is 0 Å². The van der Waals surface area contributed by atoms with Crippen LogP contribution < -0.4 is 0 Å². The van der Waals surface area contributed by atoms with Gasteiger partial charge in [0.05, 0.1) is 48.9 Å². The number of hydrogen-bond donors (Lipinski definition) is 0. The van der Waals surface area contributed by atoms with Crippen LogP contribution in [0.25, 0.3) is 112 Å². The lowest BCUT2D eigenvalue weighted by atomic mass is 9.81. The molecule has 9 aromatic carbocycles. The van der Waals surface area contributed by atoms with Gasteiger partial charge in [-0.1, -0.05) is 152 Å². The quantitative estimate of drug-likeness (QED) is 0.173. The summed E-state index contributed by atoms with van der Waals surface area (Å²) in [4.78, 5) is 0. The zero-order chi connectivity index (χ0) is 42.2. The molecule has 0 saturated carbocycles. The fraction of sp³-hybridized carbons (Fsp3) is 0. The number of fused-ring (bicyclic) bond motifs is 11. The van der Waals surface area contributed by atoms with E-state index in [0.29, 0.717) is 22.3 Å². The molecule has 0 unspecified atom stereocenters. The van der Waals surface area contributed by atoms with Crippen molar-refractivity contribution in [2.45, 2.75) is 0 Å². The Kier molecular flexibility index (Phi) is 8.36. The smallest absolute Gasteiger partial charge is 0.102 e. The first-order chi connectivity index (χ1) is 31.1. The molecule has 0 amide bonds. The molecule has 0 saturated heterocycles. The zero-order valence-corrected chi connectivity index (χ0v) is 35.1. The minimum atomic E-state index is 0.428. The van der Waals surface area contributed by atoms with Crippen LogP contribution in [0, 0.1) is 34.0 Å². The predicted molar refractivity (Wildman–Crippen MR) is 262 cm³/mol. The first kappa shape index (κ1) is 36.5. The molecule has 4 nitrogen and oxygen atoms in total. The lowest BCUT2D eigenvalue weighted by Crippen LogP contribution is -2.08. The molecular formula is C57H30N4S2. The van der Waals surface area contributed by atoms with E-state index < -0.39 is 0 Å². The fourth-order valence-electron chi connectivity index (χ4n) is 9.60. The summed E-state index contributed by atoms with van der Waals surface area (Å²) in [5.74, 6) is 0. The second kappa shape index (κ2) is 14.4. The second-order valence-corrected chi connectivity index (χ2v) is 17.8. The maximum absolute atomic E-state index is 11.9. The van der Waals surface area contributed by atoms with Crippen molar-refractivity contribution in [2.75, 3.05) is 0 Å². The highest BCUT2D eigenvalue weighted by Gasteiger charge is 2.31. The maximum Gasteiger partial charge on any atom is 0.102 e. The molecule has 0 radical (unpaired) electrons. The number of benzene rings is 9. The Morgan fingerprint density at radius 2 is 0.841 bits per heavy atom. The van der Waals surface area contributed by atoms with E-state index in [2.05, 4.69) is 126 Å². The molecule has 0 fully saturated rings. The lowest BCUT2D eigenvalue weighted by Gasteiger charge is -2.25. The van der Waals surface area contributed by atoms with E-state index in [1.54, 1.807) is 22.7 Å². The number of hydrogen-bond acceptors (Lipinski definition) is 5. The Morgan fingerprint density at radius 3 is 1.40 bits per heavy atom. The third-order valence-electron chi connectivity index (χ3n) is 12.3. The van der Waals surface area contributed by atoms with Crippen molar-refractivity contribution >= 4 is 84.8 Å². The van der Waals surface area contributed by atoms with Crippen LogP contribution in [0.5, 0.6) is 0 Å². The molecule has 3 heterocycles. The van der Waals surface area contributed by atoms with E-state index in [-0.39, 0.29) is 0 Å². The van der Waals surface area contributed by atoms with E-state index in [1.165, 1.54) is 20.2 Å². The molecule has 0 N–H and O–H groups in total. The monoisotopic (exact) mass is 834 g/mol. The van der Waals surface area contributed by atoms with Crippen molar-refractivity contribution in [3.05, 3.63) is 199 Å². The number of thiophene rings is 2. The van der Waals surface area contributed by atoms with E-state index >= 15 is 0 Å². The van der Waals surface area contributed by atoms with Crippen LogP contribution in [0.4, 0.5) is 0 Å². The van der Waals surface area contributed by atoms with Crippen LogP contribution in [0.2, 0.25) is 0 Å². The molecule has 0 atom stereocenters.